The van der Waals surface area contributed by atoms with E-state index in [0.29, 0.717) is 16.7 Å². The van der Waals surface area contributed by atoms with Gasteiger partial charge in [0.15, 0.2) is 10.8 Å². The van der Waals surface area contributed by atoms with Crippen LogP contribution in [0.25, 0.3) is 0 Å². The molecular weight excluding hydrogens is 282 g/mol. The standard InChI is InChI=1S/C9H8F2N4OS2/c1-2-4-3-17-9(12-4)13-8(16)6-5(7(10)11)14-15-18-6/h3,7H,2H2,1H3,(H,12,13,16). The summed E-state index contributed by atoms with van der Waals surface area (Å²) in [5, 5.41) is 7.88. The van der Waals surface area contributed by atoms with E-state index in [4.69, 9.17) is 0 Å². The Morgan fingerprint density at radius 2 is 2.33 bits per heavy atom. The molecule has 0 fully saturated rings. The molecule has 0 bridgehead atoms. The van der Waals surface area contributed by atoms with Crippen molar-refractivity contribution in [2.24, 2.45) is 0 Å². The quantitative estimate of drug-likeness (QED) is 0.940. The van der Waals surface area contributed by atoms with E-state index in [1.54, 1.807) is 5.38 Å². The number of hydrogen-bond donors (Lipinski definition) is 1. The zero-order chi connectivity index (χ0) is 13.1. The van der Waals surface area contributed by atoms with Crippen molar-refractivity contribution in [3.05, 3.63) is 21.6 Å². The van der Waals surface area contributed by atoms with Crippen LogP contribution >= 0.6 is 22.9 Å². The molecule has 0 aliphatic rings. The van der Waals surface area contributed by atoms with E-state index in [1.165, 1.54) is 11.3 Å². The largest absolute Gasteiger partial charge is 0.297 e. The van der Waals surface area contributed by atoms with E-state index < -0.39 is 18.0 Å². The smallest absolute Gasteiger partial charge is 0.283 e. The first kappa shape index (κ1) is 13.0. The molecule has 9 heteroatoms. The van der Waals surface area contributed by atoms with Crippen molar-refractivity contribution in [2.75, 3.05) is 5.32 Å². The first-order chi connectivity index (χ1) is 8.61. The molecule has 0 aliphatic carbocycles. The predicted octanol–water partition coefficient (Wildman–Crippen LogP) is 2.75. The second-order valence-corrected chi connectivity index (χ2v) is 4.85. The molecule has 5 nitrogen and oxygen atoms in total. The molecule has 96 valence electrons. The summed E-state index contributed by atoms with van der Waals surface area (Å²) < 4.78 is 28.4. The molecule has 0 saturated carbocycles. The topological polar surface area (TPSA) is 67.8 Å². The van der Waals surface area contributed by atoms with Crippen molar-refractivity contribution in [2.45, 2.75) is 19.8 Å². The van der Waals surface area contributed by atoms with E-state index in [1.807, 2.05) is 6.92 Å². The van der Waals surface area contributed by atoms with Gasteiger partial charge in [-0.1, -0.05) is 11.4 Å². The Bertz CT molecular complexity index is 554. The van der Waals surface area contributed by atoms with Crippen LogP contribution in [0.1, 0.15) is 34.4 Å². The molecule has 0 saturated heterocycles. The average Bonchev–Trinajstić information content (AvgIpc) is 2.96. The number of aryl methyl sites for hydroxylation is 1. The van der Waals surface area contributed by atoms with Crippen molar-refractivity contribution < 1.29 is 13.6 Å². The van der Waals surface area contributed by atoms with Gasteiger partial charge in [-0.3, -0.25) is 10.1 Å². The van der Waals surface area contributed by atoms with Crippen LogP contribution in [0.15, 0.2) is 5.38 Å². The maximum atomic E-state index is 12.5. The maximum Gasteiger partial charge on any atom is 0.283 e. The summed E-state index contributed by atoms with van der Waals surface area (Å²) in [5.74, 6) is -0.655. The van der Waals surface area contributed by atoms with E-state index in [9.17, 15) is 13.6 Å². The summed E-state index contributed by atoms with van der Waals surface area (Å²) in [6, 6.07) is 0. The lowest BCUT2D eigenvalue weighted by Crippen LogP contribution is -2.12. The fraction of sp³-hybridized carbons (Fsp3) is 0.333. The van der Waals surface area contributed by atoms with Gasteiger partial charge in [0.1, 0.15) is 4.88 Å². The number of anilines is 1. The number of nitrogens with zero attached hydrogens (tertiary/aromatic N) is 3. The normalized spacial score (nSPS) is 10.9. The monoisotopic (exact) mass is 290 g/mol. The molecule has 1 N–H and O–H groups in total. The van der Waals surface area contributed by atoms with Crippen LogP contribution in [-0.2, 0) is 6.42 Å². The number of halogens is 2. The van der Waals surface area contributed by atoms with Crippen LogP contribution in [0.3, 0.4) is 0 Å². The van der Waals surface area contributed by atoms with Gasteiger partial charge >= 0.3 is 0 Å². The fourth-order valence-corrected chi connectivity index (χ4v) is 2.54. The lowest BCUT2D eigenvalue weighted by atomic mass is 10.3. The number of nitrogens with one attached hydrogen (secondary N) is 1. The summed E-state index contributed by atoms with van der Waals surface area (Å²) in [6.07, 6.45) is -2.07. The Morgan fingerprint density at radius 1 is 1.56 bits per heavy atom. The molecule has 0 unspecified atom stereocenters. The summed E-state index contributed by atoms with van der Waals surface area (Å²) in [4.78, 5) is 15.7. The summed E-state index contributed by atoms with van der Waals surface area (Å²) >= 11 is 1.89. The molecular formula is C9H8F2N4OS2. The molecule has 0 radical (unpaired) electrons. The highest BCUT2D eigenvalue weighted by atomic mass is 32.1. The number of carbonyl (C=O) groups excluding carboxylic acids is 1. The second kappa shape index (κ2) is 5.44. The van der Waals surface area contributed by atoms with Crippen molar-refractivity contribution in [1.82, 2.24) is 14.6 Å². The lowest BCUT2D eigenvalue weighted by Gasteiger charge is -2.00. The maximum absolute atomic E-state index is 12.5. The van der Waals surface area contributed by atoms with Crippen LogP contribution in [-0.4, -0.2) is 20.5 Å². The average molecular weight is 290 g/mol. The van der Waals surface area contributed by atoms with E-state index >= 15 is 0 Å². The minimum Gasteiger partial charge on any atom is -0.297 e. The van der Waals surface area contributed by atoms with E-state index in [-0.39, 0.29) is 4.88 Å². The SMILES string of the molecule is CCc1csc(NC(=O)c2snnc2C(F)F)n1. The third kappa shape index (κ3) is 2.67. The first-order valence-electron chi connectivity index (χ1n) is 4.98. The Hall–Kier alpha value is -1.48. The third-order valence-electron chi connectivity index (χ3n) is 2.06. The minimum absolute atomic E-state index is 0.182. The summed E-state index contributed by atoms with van der Waals surface area (Å²) in [6.45, 7) is 1.93. The highest BCUT2D eigenvalue weighted by Gasteiger charge is 2.23. The van der Waals surface area contributed by atoms with Gasteiger partial charge in [-0.25, -0.2) is 13.8 Å². The Balaban J connectivity index is 2.14. The van der Waals surface area contributed by atoms with Gasteiger partial charge < -0.3 is 0 Å². The van der Waals surface area contributed by atoms with Crippen molar-refractivity contribution in [3.63, 3.8) is 0 Å². The summed E-state index contributed by atoms with van der Waals surface area (Å²) in [5.41, 5.74) is 0.247. The van der Waals surface area contributed by atoms with Gasteiger partial charge in [-0.2, -0.15) is 0 Å². The number of amides is 1. The van der Waals surface area contributed by atoms with Gasteiger partial charge in [0, 0.05) is 5.38 Å². The Labute approximate surface area is 109 Å². The van der Waals surface area contributed by atoms with Gasteiger partial charge in [0.05, 0.1) is 5.69 Å². The number of alkyl halides is 2. The molecule has 0 aromatic carbocycles. The fourth-order valence-electron chi connectivity index (χ4n) is 1.18. The molecule has 1 amide bonds. The molecule has 2 rings (SSSR count). The van der Waals surface area contributed by atoms with Crippen molar-refractivity contribution in [1.29, 1.82) is 0 Å². The van der Waals surface area contributed by atoms with Crippen molar-refractivity contribution >= 4 is 33.9 Å². The molecule has 0 spiro atoms. The Kier molecular flexibility index (Phi) is 3.92. The highest BCUT2D eigenvalue weighted by molar-refractivity contribution is 7.14. The molecule has 18 heavy (non-hydrogen) atoms. The lowest BCUT2D eigenvalue weighted by molar-refractivity contribution is 0.101. The van der Waals surface area contributed by atoms with Crippen LogP contribution in [0.5, 0.6) is 0 Å². The number of thiazole rings is 1. The van der Waals surface area contributed by atoms with Gasteiger partial charge in [-0.05, 0) is 18.0 Å². The van der Waals surface area contributed by atoms with Gasteiger partial charge in [0.25, 0.3) is 12.3 Å². The van der Waals surface area contributed by atoms with Gasteiger partial charge in [-0.15, -0.1) is 16.4 Å². The van der Waals surface area contributed by atoms with E-state index in [2.05, 4.69) is 19.9 Å². The summed E-state index contributed by atoms with van der Waals surface area (Å²) in [7, 11) is 0. The first-order valence-corrected chi connectivity index (χ1v) is 6.63. The molecule has 0 aliphatic heterocycles. The molecule has 2 aromatic heterocycles. The number of rotatable bonds is 4. The molecule has 2 heterocycles. The zero-order valence-electron chi connectivity index (χ0n) is 9.18. The second-order valence-electron chi connectivity index (χ2n) is 3.24. The Morgan fingerprint density at radius 3 is 2.94 bits per heavy atom. The zero-order valence-corrected chi connectivity index (χ0v) is 10.8. The highest BCUT2D eigenvalue weighted by Crippen LogP contribution is 2.24. The predicted molar refractivity (Wildman–Crippen MR) is 64.3 cm³/mol. The van der Waals surface area contributed by atoms with Gasteiger partial charge in [0.2, 0.25) is 0 Å². The minimum atomic E-state index is -2.81. The van der Waals surface area contributed by atoms with Crippen LogP contribution < -0.4 is 5.32 Å². The van der Waals surface area contributed by atoms with Crippen LogP contribution in [0.4, 0.5) is 13.9 Å². The van der Waals surface area contributed by atoms with E-state index in [0.717, 1.165) is 12.1 Å². The number of hydrogen-bond acceptors (Lipinski definition) is 6. The third-order valence-corrected chi connectivity index (χ3v) is 3.61. The van der Waals surface area contributed by atoms with Crippen LogP contribution in [0, 0.1) is 0 Å². The number of carbonyl (C=O) groups is 1. The number of aromatic nitrogens is 3. The van der Waals surface area contributed by atoms with Crippen LogP contribution in [0.2, 0.25) is 0 Å². The molecule has 2 aromatic rings. The van der Waals surface area contributed by atoms with Crippen molar-refractivity contribution in [3.8, 4) is 0 Å². The molecule has 0 atom stereocenters.